The van der Waals surface area contributed by atoms with Gasteiger partial charge in [0.25, 0.3) is 0 Å². The van der Waals surface area contributed by atoms with Crippen molar-refractivity contribution in [1.29, 1.82) is 0 Å². The number of morpholine rings is 1. The molecule has 4 rings (SSSR count). The molecule has 6 nitrogen and oxygen atoms in total. The van der Waals surface area contributed by atoms with Crippen LogP contribution in [-0.2, 0) is 11.3 Å². The van der Waals surface area contributed by atoms with Gasteiger partial charge in [-0.05, 0) is 6.92 Å². The van der Waals surface area contributed by atoms with Gasteiger partial charge in [0, 0.05) is 31.6 Å². The van der Waals surface area contributed by atoms with Gasteiger partial charge in [-0.3, -0.25) is 4.90 Å². The molecule has 0 saturated carbocycles. The molecule has 0 amide bonds. The van der Waals surface area contributed by atoms with Gasteiger partial charge in [0.1, 0.15) is 0 Å². The van der Waals surface area contributed by atoms with Gasteiger partial charge in [-0.2, -0.15) is 0 Å². The van der Waals surface area contributed by atoms with Crippen LogP contribution >= 0.6 is 11.3 Å². The molecule has 2 atom stereocenters. The summed E-state index contributed by atoms with van der Waals surface area (Å²) in [6.45, 7) is 5.98. The number of rotatable bonds is 3. The molecule has 23 heavy (non-hydrogen) atoms. The molecule has 2 saturated heterocycles. The SMILES string of the molecule is Cc1nc(CN2C[C@@H]3OCCN(c4ncc(F)cn4)[C@@H]3C2)cs1. The Balaban J connectivity index is 1.48. The van der Waals surface area contributed by atoms with Crippen molar-refractivity contribution < 1.29 is 9.13 Å². The van der Waals surface area contributed by atoms with Gasteiger partial charge in [-0.15, -0.1) is 11.3 Å². The van der Waals surface area contributed by atoms with Crippen LogP contribution in [0.4, 0.5) is 10.3 Å². The predicted molar refractivity (Wildman–Crippen MR) is 85.0 cm³/mol. The lowest BCUT2D eigenvalue weighted by Gasteiger charge is -2.36. The van der Waals surface area contributed by atoms with Crippen LogP contribution in [0.2, 0.25) is 0 Å². The molecule has 0 aliphatic carbocycles. The zero-order chi connectivity index (χ0) is 15.8. The van der Waals surface area contributed by atoms with Crippen LogP contribution in [0.1, 0.15) is 10.7 Å². The number of likely N-dealkylation sites (tertiary alicyclic amines) is 1. The van der Waals surface area contributed by atoms with Crippen LogP contribution in [0.15, 0.2) is 17.8 Å². The van der Waals surface area contributed by atoms with E-state index >= 15 is 0 Å². The third-order valence-corrected chi connectivity index (χ3v) is 5.12. The van der Waals surface area contributed by atoms with Crippen LogP contribution in [0, 0.1) is 12.7 Å². The Morgan fingerprint density at radius 3 is 2.91 bits per heavy atom. The first-order chi connectivity index (χ1) is 11.2. The number of ether oxygens (including phenoxy) is 1. The van der Waals surface area contributed by atoms with Crippen molar-refractivity contribution in [3.05, 3.63) is 34.3 Å². The lowest BCUT2D eigenvalue weighted by Crippen LogP contribution is -2.51. The number of aryl methyl sites for hydroxylation is 1. The molecule has 0 unspecified atom stereocenters. The van der Waals surface area contributed by atoms with E-state index in [0.717, 1.165) is 36.9 Å². The molecule has 8 heteroatoms. The second-order valence-corrected chi connectivity index (χ2v) is 6.99. The fourth-order valence-electron chi connectivity index (χ4n) is 3.31. The fourth-order valence-corrected chi connectivity index (χ4v) is 3.91. The van der Waals surface area contributed by atoms with Gasteiger partial charge in [0.2, 0.25) is 5.95 Å². The second kappa shape index (κ2) is 6.10. The third-order valence-electron chi connectivity index (χ3n) is 4.29. The van der Waals surface area contributed by atoms with Crippen molar-refractivity contribution in [2.75, 3.05) is 31.1 Å². The highest BCUT2D eigenvalue weighted by atomic mass is 32.1. The van der Waals surface area contributed by atoms with E-state index < -0.39 is 5.82 Å². The van der Waals surface area contributed by atoms with Crippen molar-refractivity contribution in [2.24, 2.45) is 0 Å². The predicted octanol–water partition coefficient (Wildman–Crippen LogP) is 1.47. The molecule has 122 valence electrons. The topological polar surface area (TPSA) is 54.4 Å². The Morgan fingerprint density at radius 1 is 1.35 bits per heavy atom. The van der Waals surface area contributed by atoms with E-state index in [0.29, 0.717) is 12.6 Å². The summed E-state index contributed by atoms with van der Waals surface area (Å²) in [6.07, 6.45) is 2.58. The lowest BCUT2D eigenvalue weighted by atomic mass is 10.1. The molecule has 0 N–H and O–H groups in total. The molecular formula is C15H18FN5OS. The average Bonchev–Trinajstić information content (AvgIpc) is 3.13. The number of nitrogens with zero attached hydrogens (tertiary/aromatic N) is 5. The van der Waals surface area contributed by atoms with Crippen LogP contribution in [0.25, 0.3) is 0 Å². The maximum Gasteiger partial charge on any atom is 0.225 e. The normalized spacial score (nSPS) is 24.9. The minimum Gasteiger partial charge on any atom is -0.373 e. The number of thiazole rings is 1. The van der Waals surface area contributed by atoms with Crippen molar-refractivity contribution >= 4 is 17.3 Å². The summed E-state index contributed by atoms with van der Waals surface area (Å²) in [5.74, 6) is 0.168. The number of hydrogen-bond acceptors (Lipinski definition) is 7. The fraction of sp³-hybridized carbons (Fsp3) is 0.533. The maximum atomic E-state index is 13.0. The van der Waals surface area contributed by atoms with E-state index in [1.807, 2.05) is 6.92 Å². The number of halogens is 1. The van der Waals surface area contributed by atoms with Gasteiger partial charge in [0.15, 0.2) is 5.82 Å². The number of hydrogen-bond donors (Lipinski definition) is 0. The highest BCUT2D eigenvalue weighted by Gasteiger charge is 2.41. The summed E-state index contributed by atoms with van der Waals surface area (Å²) in [5, 5.41) is 3.20. The van der Waals surface area contributed by atoms with Gasteiger partial charge in [0.05, 0.1) is 41.8 Å². The van der Waals surface area contributed by atoms with Crippen LogP contribution in [0.3, 0.4) is 0 Å². The van der Waals surface area contributed by atoms with E-state index in [2.05, 4.69) is 30.1 Å². The molecule has 2 aromatic heterocycles. The monoisotopic (exact) mass is 335 g/mol. The van der Waals surface area contributed by atoms with Crippen molar-refractivity contribution in [1.82, 2.24) is 19.9 Å². The number of anilines is 1. The molecule has 2 aliphatic heterocycles. The first-order valence-corrected chi connectivity index (χ1v) is 8.56. The number of fused-ring (bicyclic) bond motifs is 1. The van der Waals surface area contributed by atoms with E-state index in [9.17, 15) is 4.39 Å². The number of aromatic nitrogens is 3. The summed E-state index contributed by atoms with van der Waals surface area (Å²) in [4.78, 5) is 17.3. The second-order valence-electron chi connectivity index (χ2n) is 5.92. The van der Waals surface area contributed by atoms with Crippen LogP contribution in [0.5, 0.6) is 0 Å². The molecule has 4 heterocycles. The Morgan fingerprint density at radius 2 is 2.17 bits per heavy atom. The smallest absolute Gasteiger partial charge is 0.225 e. The van der Waals surface area contributed by atoms with Crippen LogP contribution in [-0.4, -0.2) is 58.2 Å². The molecule has 0 bridgehead atoms. The molecule has 2 aromatic rings. The van der Waals surface area contributed by atoms with E-state index in [1.54, 1.807) is 11.3 Å². The van der Waals surface area contributed by atoms with Crippen molar-refractivity contribution in [3.63, 3.8) is 0 Å². The summed E-state index contributed by atoms with van der Waals surface area (Å²) >= 11 is 1.68. The summed E-state index contributed by atoms with van der Waals surface area (Å²) in [6, 6.07) is 0.203. The molecule has 0 aromatic carbocycles. The van der Waals surface area contributed by atoms with Gasteiger partial charge in [-0.25, -0.2) is 19.3 Å². The molecular weight excluding hydrogens is 317 g/mol. The van der Waals surface area contributed by atoms with Gasteiger partial charge < -0.3 is 9.64 Å². The Kier molecular flexibility index (Phi) is 3.96. The Hall–Kier alpha value is -1.64. The first-order valence-electron chi connectivity index (χ1n) is 7.68. The summed E-state index contributed by atoms with van der Waals surface area (Å²) in [5.41, 5.74) is 1.11. The van der Waals surface area contributed by atoms with E-state index in [4.69, 9.17) is 4.74 Å². The zero-order valence-electron chi connectivity index (χ0n) is 12.9. The molecule has 2 fully saturated rings. The zero-order valence-corrected chi connectivity index (χ0v) is 13.7. The van der Waals surface area contributed by atoms with Crippen molar-refractivity contribution in [2.45, 2.75) is 25.6 Å². The Bertz CT molecular complexity index is 679. The van der Waals surface area contributed by atoms with Gasteiger partial charge in [-0.1, -0.05) is 0 Å². The van der Waals surface area contributed by atoms with Crippen LogP contribution < -0.4 is 4.90 Å². The highest BCUT2D eigenvalue weighted by molar-refractivity contribution is 7.09. The minimum atomic E-state index is -0.412. The van der Waals surface area contributed by atoms with Gasteiger partial charge >= 0.3 is 0 Å². The first kappa shape index (κ1) is 14.9. The summed E-state index contributed by atoms with van der Waals surface area (Å²) < 4.78 is 19.0. The highest BCUT2D eigenvalue weighted by Crippen LogP contribution is 2.27. The third kappa shape index (κ3) is 3.06. The molecule has 2 aliphatic rings. The lowest BCUT2D eigenvalue weighted by molar-refractivity contribution is 0.0300. The Labute approximate surface area is 137 Å². The average molecular weight is 335 g/mol. The molecule has 0 spiro atoms. The molecule has 0 radical (unpaired) electrons. The summed E-state index contributed by atoms with van der Waals surface area (Å²) in [7, 11) is 0. The maximum absolute atomic E-state index is 13.0. The quantitative estimate of drug-likeness (QED) is 0.847. The van der Waals surface area contributed by atoms with Crippen molar-refractivity contribution in [3.8, 4) is 0 Å². The van der Waals surface area contributed by atoms with E-state index in [1.165, 1.54) is 12.4 Å². The largest absolute Gasteiger partial charge is 0.373 e. The van der Waals surface area contributed by atoms with E-state index in [-0.39, 0.29) is 12.1 Å². The standard InChI is InChI=1S/C15H18FN5OS/c1-10-19-12(9-23-10)6-20-7-13-14(8-20)22-3-2-21(13)15-17-4-11(16)5-18-15/h4-5,9,13-14H,2-3,6-8H2,1H3/t13-,14+/m1/s1. The minimum absolute atomic E-state index is 0.136.